The lowest BCUT2D eigenvalue weighted by Gasteiger charge is -2.34. The molecule has 0 radical (unpaired) electrons. The molecule has 8 nitrogen and oxygen atoms in total. The maximum absolute atomic E-state index is 12.6. The van der Waals surface area contributed by atoms with Crippen molar-refractivity contribution >= 4 is 23.6 Å². The molecule has 0 bridgehead atoms. The minimum Gasteiger partial charge on any atom is -0.455 e. The van der Waals surface area contributed by atoms with E-state index in [4.69, 9.17) is 20.8 Å². The van der Waals surface area contributed by atoms with E-state index in [-0.39, 0.29) is 30.4 Å². The quantitative estimate of drug-likeness (QED) is 0.707. The van der Waals surface area contributed by atoms with Gasteiger partial charge in [0.2, 0.25) is 5.89 Å². The predicted octanol–water partition coefficient (Wildman–Crippen LogP) is 3.36. The molecule has 0 saturated carbocycles. The summed E-state index contributed by atoms with van der Waals surface area (Å²) < 4.78 is 10.9. The van der Waals surface area contributed by atoms with Crippen LogP contribution in [-0.2, 0) is 16.1 Å². The van der Waals surface area contributed by atoms with E-state index >= 15 is 0 Å². The number of piperidine rings is 1. The highest BCUT2D eigenvalue weighted by molar-refractivity contribution is 6.30. The van der Waals surface area contributed by atoms with Crippen molar-refractivity contribution in [1.82, 2.24) is 20.0 Å². The van der Waals surface area contributed by atoms with Crippen molar-refractivity contribution in [2.45, 2.75) is 32.3 Å². The van der Waals surface area contributed by atoms with E-state index in [1.54, 1.807) is 29.2 Å². The van der Waals surface area contributed by atoms with E-state index < -0.39 is 0 Å². The minimum atomic E-state index is -0.338. The Balaban J connectivity index is 1.30. The van der Waals surface area contributed by atoms with Crippen molar-refractivity contribution < 1.29 is 18.7 Å². The number of hydrogen-bond acceptors (Lipinski definition) is 6. The second-order valence-electron chi connectivity index (χ2n) is 7.38. The van der Waals surface area contributed by atoms with Gasteiger partial charge in [-0.25, -0.2) is 4.79 Å². The van der Waals surface area contributed by atoms with E-state index in [2.05, 4.69) is 10.2 Å². The fourth-order valence-electron chi connectivity index (χ4n) is 3.72. The maximum Gasteiger partial charge on any atom is 0.320 e. The monoisotopic (exact) mass is 418 g/mol. The van der Waals surface area contributed by atoms with Crippen LogP contribution in [0.25, 0.3) is 11.5 Å². The molecule has 2 aliphatic rings. The second kappa shape index (κ2) is 8.82. The lowest BCUT2D eigenvalue weighted by Crippen LogP contribution is -2.48. The number of ether oxygens (including phenoxy) is 1. The molecule has 2 amide bonds. The molecule has 2 aromatic rings. The third-order valence-corrected chi connectivity index (χ3v) is 5.55. The Labute approximate surface area is 173 Å². The first-order chi connectivity index (χ1) is 14.1. The smallest absolute Gasteiger partial charge is 0.320 e. The number of rotatable bonds is 4. The molecular formula is C20H23ClN4O4. The topological polar surface area (TPSA) is 88.8 Å². The molecule has 4 rings (SSSR count). The third kappa shape index (κ3) is 4.70. The summed E-state index contributed by atoms with van der Waals surface area (Å²) in [7, 11) is 0. The molecule has 29 heavy (non-hydrogen) atoms. The summed E-state index contributed by atoms with van der Waals surface area (Å²) in [4.78, 5) is 28.7. The van der Waals surface area contributed by atoms with Crippen LogP contribution in [0.3, 0.4) is 0 Å². The highest BCUT2D eigenvalue weighted by Crippen LogP contribution is 2.23. The first kappa shape index (κ1) is 19.7. The lowest BCUT2D eigenvalue weighted by molar-refractivity contribution is -0.152. The van der Waals surface area contributed by atoms with Gasteiger partial charge in [-0.3, -0.25) is 4.79 Å². The van der Waals surface area contributed by atoms with Crippen LogP contribution in [0.1, 0.15) is 31.6 Å². The molecule has 1 aromatic carbocycles. The largest absolute Gasteiger partial charge is 0.455 e. The van der Waals surface area contributed by atoms with E-state index in [1.807, 2.05) is 4.90 Å². The normalized spacial score (nSPS) is 19.4. The van der Waals surface area contributed by atoms with Crippen LogP contribution in [-0.4, -0.2) is 58.2 Å². The van der Waals surface area contributed by atoms with E-state index in [0.717, 1.165) is 37.9 Å². The highest BCUT2D eigenvalue weighted by Gasteiger charge is 2.32. The fourth-order valence-corrected chi connectivity index (χ4v) is 3.85. The number of urea groups is 1. The predicted molar refractivity (Wildman–Crippen MR) is 105 cm³/mol. The van der Waals surface area contributed by atoms with Gasteiger partial charge in [-0.1, -0.05) is 11.6 Å². The number of likely N-dealkylation sites (tertiary alicyclic amines) is 2. The molecule has 0 spiro atoms. The molecule has 0 N–H and O–H groups in total. The Morgan fingerprint density at radius 2 is 1.79 bits per heavy atom. The Morgan fingerprint density at radius 1 is 1.07 bits per heavy atom. The summed E-state index contributed by atoms with van der Waals surface area (Å²) in [5.41, 5.74) is 0.739. The summed E-state index contributed by atoms with van der Waals surface area (Å²) in [6, 6.07) is 7.06. The molecule has 2 saturated heterocycles. The zero-order chi connectivity index (χ0) is 20.2. The maximum atomic E-state index is 12.6. The molecule has 0 aliphatic carbocycles. The molecule has 2 fully saturated rings. The number of aromatic nitrogens is 2. The summed E-state index contributed by atoms with van der Waals surface area (Å²) in [5.74, 6) is -0.0963. The number of esters is 1. The SMILES string of the molecule is O=C(OCc1nnc(-c2ccc(Cl)cc2)o1)[C@H]1CCCN(C(=O)N2CCCC2)C1. The summed E-state index contributed by atoms with van der Waals surface area (Å²) >= 11 is 5.88. The summed E-state index contributed by atoms with van der Waals surface area (Å²) in [6.45, 7) is 2.60. The van der Waals surface area contributed by atoms with E-state index in [0.29, 0.717) is 30.4 Å². The molecule has 0 unspecified atom stereocenters. The Morgan fingerprint density at radius 3 is 2.55 bits per heavy atom. The number of carbonyl (C=O) groups excluding carboxylic acids is 2. The van der Waals surface area contributed by atoms with Crippen LogP contribution in [0.2, 0.25) is 5.02 Å². The first-order valence-corrected chi connectivity index (χ1v) is 10.3. The van der Waals surface area contributed by atoms with Gasteiger partial charge >= 0.3 is 12.0 Å². The van der Waals surface area contributed by atoms with Crippen molar-refractivity contribution in [2.75, 3.05) is 26.2 Å². The van der Waals surface area contributed by atoms with Crippen LogP contribution >= 0.6 is 11.6 Å². The molecule has 1 aromatic heterocycles. The minimum absolute atomic E-state index is 0.0320. The molecule has 9 heteroatoms. The van der Waals surface area contributed by atoms with Gasteiger partial charge in [-0.15, -0.1) is 10.2 Å². The van der Waals surface area contributed by atoms with Crippen LogP contribution in [0.4, 0.5) is 4.79 Å². The Hall–Kier alpha value is -2.61. The first-order valence-electron chi connectivity index (χ1n) is 9.89. The average Bonchev–Trinajstić information content (AvgIpc) is 3.44. The lowest BCUT2D eigenvalue weighted by atomic mass is 9.98. The zero-order valence-electron chi connectivity index (χ0n) is 16.1. The van der Waals surface area contributed by atoms with Crippen LogP contribution in [0.5, 0.6) is 0 Å². The van der Waals surface area contributed by atoms with Crippen molar-refractivity contribution in [2.24, 2.45) is 5.92 Å². The third-order valence-electron chi connectivity index (χ3n) is 5.30. The second-order valence-corrected chi connectivity index (χ2v) is 7.81. The van der Waals surface area contributed by atoms with Gasteiger partial charge in [0.25, 0.3) is 5.89 Å². The molecular weight excluding hydrogens is 396 g/mol. The number of carbonyl (C=O) groups is 2. The molecule has 154 valence electrons. The van der Waals surface area contributed by atoms with E-state index in [9.17, 15) is 9.59 Å². The molecule has 2 aliphatic heterocycles. The van der Waals surface area contributed by atoms with Crippen LogP contribution < -0.4 is 0 Å². The van der Waals surface area contributed by atoms with Gasteiger partial charge in [0.15, 0.2) is 6.61 Å². The fraction of sp³-hybridized carbons (Fsp3) is 0.500. The Kier molecular flexibility index (Phi) is 5.99. The van der Waals surface area contributed by atoms with Gasteiger partial charge in [0, 0.05) is 36.8 Å². The van der Waals surface area contributed by atoms with Crippen molar-refractivity contribution in [3.8, 4) is 11.5 Å². The Bertz CT molecular complexity index is 864. The van der Waals surface area contributed by atoms with Crippen molar-refractivity contribution in [3.63, 3.8) is 0 Å². The molecule has 3 heterocycles. The van der Waals surface area contributed by atoms with Gasteiger partial charge < -0.3 is 19.0 Å². The van der Waals surface area contributed by atoms with Gasteiger partial charge in [0.05, 0.1) is 5.92 Å². The number of halogens is 1. The summed E-state index contributed by atoms with van der Waals surface area (Å²) in [6.07, 6.45) is 3.60. The number of nitrogens with zero attached hydrogens (tertiary/aromatic N) is 4. The highest BCUT2D eigenvalue weighted by atomic mass is 35.5. The van der Waals surface area contributed by atoms with Crippen LogP contribution in [0.15, 0.2) is 28.7 Å². The number of hydrogen-bond donors (Lipinski definition) is 0. The standard InChI is InChI=1S/C20H23ClN4O4/c21-16-7-5-14(6-8-16)18-23-22-17(29-18)13-28-19(26)15-4-3-11-25(12-15)20(27)24-9-1-2-10-24/h5-8,15H,1-4,9-13H2/t15-/m0/s1. The average molecular weight is 419 g/mol. The summed E-state index contributed by atoms with van der Waals surface area (Å²) in [5, 5.41) is 8.52. The number of amides is 2. The zero-order valence-corrected chi connectivity index (χ0v) is 16.8. The van der Waals surface area contributed by atoms with Crippen molar-refractivity contribution in [1.29, 1.82) is 0 Å². The number of benzene rings is 1. The van der Waals surface area contributed by atoms with E-state index in [1.165, 1.54) is 0 Å². The van der Waals surface area contributed by atoms with Crippen LogP contribution in [0, 0.1) is 5.92 Å². The van der Waals surface area contributed by atoms with Gasteiger partial charge in [-0.05, 0) is 49.9 Å². The van der Waals surface area contributed by atoms with Gasteiger partial charge in [0.1, 0.15) is 0 Å². The molecule has 1 atom stereocenters. The van der Waals surface area contributed by atoms with Crippen molar-refractivity contribution in [3.05, 3.63) is 35.2 Å². The van der Waals surface area contributed by atoms with Gasteiger partial charge in [-0.2, -0.15) is 0 Å².